The van der Waals surface area contributed by atoms with Crippen LogP contribution in [0, 0.1) is 0 Å². The summed E-state index contributed by atoms with van der Waals surface area (Å²) >= 11 is 0. The van der Waals surface area contributed by atoms with Gasteiger partial charge in [-0.3, -0.25) is 4.79 Å². The Morgan fingerprint density at radius 1 is 1.12 bits per heavy atom. The Morgan fingerprint density at radius 3 is 2.67 bits per heavy atom. The second-order valence-electron chi connectivity index (χ2n) is 7.14. The van der Waals surface area contributed by atoms with Gasteiger partial charge in [-0.05, 0) is 49.4 Å². The maximum atomic E-state index is 11.5. The molecule has 4 nitrogen and oxygen atoms in total. The van der Waals surface area contributed by atoms with Crippen LogP contribution in [-0.4, -0.2) is 29.9 Å². The number of hydrogen-bond acceptors (Lipinski definition) is 3. The summed E-state index contributed by atoms with van der Waals surface area (Å²) in [5.41, 5.74) is 5.93. The maximum Gasteiger partial charge on any atom is 0.224 e. The van der Waals surface area contributed by atoms with E-state index in [9.17, 15) is 4.79 Å². The lowest BCUT2D eigenvalue weighted by Gasteiger charge is -2.34. The number of carbonyl (C=O) groups excluding carboxylic acids is 1. The molecule has 0 bridgehead atoms. The summed E-state index contributed by atoms with van der Waals surface area (Å²) in [4.78, 5) is 13.8. The second kappa shape index (κ2) is 6.10. The molecule has 0 saturated carbocycles. The third kappa shape index (κ3) is 2.65. The molecule has 1 aromatic rings. The van der Waals surface area contributed by atoms with Gasteiger partial charge in [0.1, 0.15) is 0 Å². The highest BCUT2D eigenvalue weighted by Gasteiger charge is 2.33. The van der Waals surface area contributed by atoms with E-state index in [2.05, 4.69) is 46.9 Å². The van der Waals surface area contributed by atoms with E-state index in [1.54, 1.807) is 0 Å². The molecule has 1 atom stereocenters. The number of nitrogens with zero attached hydrogens (tertiary/aromatic N) is 1. The topological polar surface area (TPSA) is 44.4 Å². The van der Waals surface area contributed by atoms with Crippen molar-refractivity contribution in [3.8, 4) is 0 Å². The first-order valence-electron chi connectivity index (χ1n) is 8.91. The summed E-state index contributed by atoms with van der Waals surface area (Å²) in [6.07, 6.45) is 3.81. The van der Waals surface area contributed by atoms with E-state index in [4.69, 9.17) is 0 Å². The molecule has 1 aromatic carbocycles. The Morgan fingerprint density at radius 2 is 1.92 bits per heavy atom. The Bertz CT molecular complexity index is 703. The van der Waals surface area contributed by atoms with Crippen LogP contribution in [0.1, 0.15) is 48.3 Å². The fraction of sp³-hybridized carbons (Fsp3) is 0.450. The van der Waals surface area contributed by atoms with Crippen LogP contribution in [0.4, 0.5) is 0 Å². The number of hydrogen-bond donors (Lipinski definition) is 2. The Kier molecular flexibility index (Phi) is 3.93. The van der Waals surface area contributed by atoms with Gasteiger partial charge in [-0.25, -0.2) is 0 Å². The molecule has 0 aromatic heterocycles. The molecule has 0 spiro atoms. The molecule has 2 N–H and O–H groups in total. The van der Waals surface area contributed by atoms with Crippen LogP contribution in [-0.2, 0) is 11.3 Å². The van der Waals surface area contributed by atoms with Crippen molar-refractivity contribution < 1.29 is 4.79 Å². The second-order valence-corrected chi connectivity index (χ2v) is 7.14. The molecule has 126 valence electrons. The SMILES string of the molecule is C=C1NC(=O)CCC1N1Cc2cc(C3CCNCC3)ccc2C1=C. The van der Waals surface area contributed by atoms with E-state index in [1.807, 2.05) is 0 Å². The molecule has 2 saturated heterocycles. The fourth-order valence-corrected chi connectivity index (χ4v) is 4.28. The van der Waals surface area contributed by atoms with Gasteiger partial charge >= 0.3 is 0 Å². The molecule has 3 heterocycles. The van der Waals surface area contributed by atoms with Crippen molar-refractivity contribution in [2.45, 2.75) is 44.2 Å². The fourth-order valence-electron chi connectivity index (χ4n) is 4.28. The molecule has 4 rings (SSSR count). The van der Waals surface area contributed by atoms with Gasteiger partial charge in [-0.15, -0.1) is 0 Å². The van der Waals surface area contributed by atoms with E-state index in [0.717, 1.165) is 37.4 Å². The van der Waals surface area contributed by atoms with Gasteiger partial charge in [-0.1, -0.05) is 31.4 Å². The molecule has 1 amide bonds. The van der Waals surface area contributed by atoms with Gasteiger partial charge in [-0.2, -0.15) is 0 Å². The summed E-state index contributed by atoms with van der Waals surface area (Å²) < 4.78 is 0. The third-order valence-corrected chi connectivity index (χ3v) is 5.66. The number of benzene rings is 1. The van der Waals surface area contributed by atoms with Crippen molar-refractivity contribution in [2.75, 3.05) is 13.1 Å². The van der Waals surface area contributed by atoms with Crippen LogP contribution in [0.5, 0.6) is 0 Å². The molecule has 3 aliphatic heterocycles. The molecular formula is C20H25N3O. The van der Waals surface area contributed by atoms with Crippen molar-refractivity contribution in [2.24, 2.45) is 0 Å². The van der Waals surface area contributed by atoms with Crippen LogP contribution < -0.4 is 10.6 Å². The number of piperidine rings is 2. The largest absolute Gasteiger partial charge is 0.359 e. The Balaban J connectivity index is 1.55. The van der Waals surface area contributed by atoms with E-state index >= 15 is 0 Å². The van der Waals surface area contributed by atoms with E-state index in [1.165, 1.54) is 29.5 Å². The van der Waals surface area contributed by atoms with Gasteiger partial charge in [0.05, 0.1) is 6.04 Å². The molecule has 1 unspecified atom stereocenters. The normalized spacial score (nSPS) is 24.9. The molecule has 4 heteroatoms. The minimum absolute atomic E-state index is 0.0757. The number of nitrogens with one attached hydrogen (secondary N) is 2. The zero-order chi connectivity index (χ0) is 16.7. The van der Waals surface area contributed by atoms with Gasteiger partial charge in [0, 0.05) is 29.9 Å². The van der Waals surface area contributed by atoms with Crippen molar-refractivity contribution in [1.29, 1.82) is 0 Å². The first-order chi connectivity index (χ1) is 11.6. The smallest absolute Gasteiger partial charge is 0.224 e. The van der Waals surface area contributed by atoms with Crippen LogP contribution in [0.25, 0.3) is 5.70 Å². The predicted molar refractivity (Wildman–Crippen MR) is 96.2 cm³/mol. The zero-order valence-corrected chi connectivity index (χ0v) is 14.1. The average Bonchev–Trinajstić information content (AvgIpc) is 2.92. The Hall–Kier alpha value is -2.07. The monoisotopic (exact) mass is 323 g/mol. The summed E-state index contributed by atoms with van der Waals surface area (Å²) in [5.74, 6) is 0.745. The first-order valence-corrected chi connectivity index (χ1v) is 8.91. The van der Waals surface area contributed by atoms with E-state index < -0.39 is 0 Å². The standard InChI is InChI=1S/C20H25N3O/c1-13-19(5-6-20(24)22-13)23-12-17-11-16(3-4-18(17)14(23)2)15-7-9-21-10-8-15/h3-4,11,15,19,21H,1-2,5-10,12H2,(H,22,24). The van der Waals surface area contributed by atoms with Crippen LogP contribution in [0.15, 0.2) is 37.1 Å². The number of amides is 1. The number of rotatable bonds is 2. The predicted octanol–water partition coefficient (Wildman–Crippen LogP) is 2.73. The number of fused-ring (bicyclic) bond motifs is 1. The highest BCUT2D eigenvalue weighted by atomic mass is 16.1. The average molecular weight is 323 g/mol. The van der Waals surface area contributed by atoms with Crippen molar-refractivity contribution in [3.63, 3.8) is 0 Å². The summed E-state index contributed by atoms with van der Waals surface area (Å²) in [6, 6.07) is 7.05. The van der Waals surface area contributed by atoms with Gasteiger partial charge in [0.15, 0.2) is 0 Å². The minimum atomic E-state index is 0.0757. The first kappa shape index (κ1) is 15.5. The molecule has 3 aliphatic rings. The zero-order valence-electron chi connectivity index (χ0n) is 14.1. The maximum absolute atomic E-state index is 11.5. The summed E-state index contributed by atoms with van der Waals surface area (Å²) in [6.45, 7) is 11.5. The molecule has 0 radical (unpaired) electrons. The quantitative estimate of drug-likeness (QED) is 0.879. The number of carbonyl (C=O) groups is 1. The van der Waals surface area contributed by atoms with Crippen molar-refractivity contribution in [3.05, 3.63) is 53.7 Å². The lowest BCUT2D eigenvalue weighted by molar-refractivity contribution is -0.121. The Labute approximate surface area is 143 Å². The lowest BCUT2D eigenvalue weighted by atomic mass is 9.88. The van der Waals surface area contributed by atoms with Gasteiger partial charge < -0.3 is 15.5 Å². The molecule has 0 aliphatic carbocycles. The van der Waals surface area contributed by atoms with E-state index in [0.29, 0.717) is 12.3 Å². The molecule has 2 fully saturated rings. The van der Waals surface area contributed by atoms with Crippen LogP contribution >= 0.6 is 0 Å². The van der Waals surface area contributed by atoms with Crippen molar-refractivity contribution >= 4 is 11.6 Å². The third-order valence-electron chi connectivity index (χ3n) is 5.66. The summed E-state index contributed by atoms with van der Waals surface area (Å²) in [7, 11) is 0. The van der Waals surface area contributed by atoms with Gasteiger partial charge in [0.25, 0.3) is 0 Å². The van der Waals surface area contributed by atoms with Crippen LogP contribution in [0.2, 0.25) is 0 Å². The molecular weight excluding hydrogens is 298 g/mol. The van der Waals surface area contributed by atoms with Gasteiger partial charge in [0.2, 0.25) is 5.91 Å². The summed E-state index contributed by atoms with van der Waals surface area (Å²) in [5, 5.41) is 6.33. The van der Waals surface area contributed by atoms with Crippen molar-refractivity contribution in [1.82, 2.24) is 15.5 Å². The van der Waals surface area contributed by atoms with Crippen LogP contribution in [0.3, 0.4) is 0 Å². The van der Waals surface area contributed by atoms with E-state index in [-0.39, 0.29) is 11.9 Å². The highest BCUT2D eigenvalue weighted by Crippen LogP contribution is 2.38. The molecule has 24 heavy (non-hydrogen) atoms. The minimum Gasteiger partial charge on any atom is -0.359 e. The lowest BCUT2D eigenvalue weighted by Crippen LogP contribution is -2.43. The highest BCUT2D eigenvalue weighted by molar-refractivity contribution is 5.80.